The number of hydrogen-bond donors (Lipinski definition) is 2. The van der Waals surface area contributed by atoms with Gasteiger partial charge in [-0.3, -0.25) is 9.59 Å². The van der Waals surface area contributed by atoms with Crippen molar-refractivity contribution in [3.8, 4) is 11.5 Å². The zero-order valence-electron chi connectivity index (χ0n) is 13.5. The van der Waals surface area contributed by atoms with Crippen LogP contribution in [-0.2, 0) is 16.0 Å². The van der Waals surface area contributed by atoms with Gasteiger partial charge in [0.15, 0.2) is 11.5 Å². The molecule has 2 atom stereocenters. The number of aryl methyl sites for hydroxylation is 1. The minimum Gasteiger partial charge on any atom is -0.493 e. The van der Waals surface area contributed by atoms with Crippen LogP contribution in [0.4, 0.5) is 0 Å². The van der Waals surface area contributed by atoms with Gasteiger partial charge in [0.2, 0.25) is 5.91 Å². The SMILES string of the molecule is COc1ccc(CCC(=O)N[C@@H]2CC[C@H](C(=O)O)C2)cc1OC. The highest BCUT2D eigenvalue weighted by Crippen LogP contribution is 2.28. The summed E-state index contributed by atoms with van der Waals surface area (Å²) in [6.45, 7) is 0. The van der Waals surface area contributed by atoms with Crippen molar-refractivity contribution in [1.82, 2.24) is 5.32 Å². The lowest BCUT2D eigenvalue weighted by Gasteiger charge is -2.13. The van der Waals surface area contributed by atoms with Gasteiger partial charge in [-0.05, 0) is 43.4 Å². The van der Waals surface area contributed by atoms with E-state index < -0.39 is 5.97 Å². The molecular weight excluding hydrogens is 298 g/mol. The van der Waals surface area contributed by atoms with Gasteiger partial charge < -0.3 is 19.9 Å². The van der Waals surface area contributed by atoms with E-state index in [1.807, 2.05) is 18.2 Å². The van der Waals surface area contributed by atoms with E-state index in [4.69, 9.17) is 14.6 Å². The van der Waals surface area contributed by atoms with Crippen LogP contribution in [0.3, 0.4) is 0 Å². The lowest BCUT2D eigenvalue weighted by atomic mass is 10.1. The van der Waals surface area contributed by atoms with Gasteiger partial charge in [-0.2, -0.15) is 0 Å². The van der Waals surface area contributed by atoms with Crippen LogP contribution in [0.15, 0.2) is 18.2 Å². The molecule has 0 aromatic heterocycles. The maximum atomic E-state index is 12.0. The zero-order valence-corrected chi connectivity index (χ0v) is 13.5. The van der Waals surface area contributed by atoms with Gasteiger partial charge >= 0.3 is 5.97 Å². The minimum atomic E-state index is -0.771. The first kappa shape index (κ1) is 17.1. The average Bonchev–Trinajstić information content (AvgIpc) is 3.01. The molecule has 2 N–H and O–H groups in total. The van der Waals surface area contributed by atoms with Crippen molar-refractivity contribution >= 4 is 11.9 Å². The second-order valence-electron chi connectivity index (χ2n) is 5.80. The van der Waals surface area contributed by atoms with E-state index in [0.717, 1.165) is 12.0 Å². The van der Waals surface area contributed by atoms with Crippen molar-refractivity contribution < 1.29 is 24.2 Å². The van der Waals surface area contributed by atoms with Crippen LogP contribution >= 0.6 is 0 Å². The molecule has 0 spiro atoms. The summed E-state index contributed by atoms with van der Waals surface area (Å²) < 4.78 is 10.4. The fraction of sp³-hybridized carbons (Fsp3) is 0.529. The molecule has 0 radical (unpaired) electrons. The molecule has 126 valence electrons. The Morgan fingerprint density at radius 3 is 2.57 bits per heavy atom. The standard InChI is InChI=1S/C17H23NO5/c1-22-14-7-3-11(9-15(14)23-2)4-8-16(19)18-13-6-5-12(10-13)17(20)21/h3,7,9,12-13H,4-6,8,10H2,1-2H3,(H,18,19)(H,20,21)/t12-,13+/m0/s1. The van der Waals surface area contributed by atoms with E-state index in [1.54, 1.807) is 14.2 Å². The summed E-state index contributed by atoms with van der Waals surface area (Å²) in [7, 11) is 3.16. The normalized spacial score (nSPS) is 20.1. The van der Waals surface area contributed by atoms with Crippen molar-refractivity contribution in [3.05, 3.63) is 23.8 Å². The van der Waals surface area contributed by atoms with Crippen LogP contribution in [0.5, 0.6) is 11.5 Å². The Morgan fingerprint density at radius 2 is 1.96 bits per heavy atom. The Kier molecular flexibility index (Phi) is 5.84. The first-order valence-electron chi connectivity index (χ1n) is 7.76. The summed E-state index contributed by atoms with van der Waals surface area (Å²) in [5.74, 6) is 0.158. The molecule has 0 aliphatic heterocycles. The van der Waals surface area contributed by atoms with Gasteiger partial charge in [-0.1, -0.05) is 6.07 Å². The Labute approximate surface area is 135 Å². The third kappa shape index (κ3) is 4.61. The van der Waals surface area contributed by atoms with E-state index in [0.29, 0.717) is 37.2 Å². The molecule has 1 saturated carbocycles. The van der Waals surface area contributed by atoms with Crippen LogP contribution in [0, 0.1) is 5.92 Å². The van der Waals surface area contributed by atoms with E-state index in [-0.39, 0.29) is 17.9 Å². The fourth-order valence-corrected chi connectivity index (χ4v) is 2.93. The van der Waals surface area contributed by atoms with E-state index in [2.05, 4.69) is 5.32 Å². The van der Waals surface area contributed by atoms with E-state index in [9.17, 15) is 9.59 Å². The zero-order chi connectivity index (χ0) is 16.8. The number of amides is 1. The molecule has 1 aliphatic carbocycles. The third-order valence-electron chi connectivity index (χ3n) is 4.24. The number of carbonyl (C=O) groups excluding carboxylic acids is 1. The minimum absolute atomic E-state index is 0.0194. The number of methoxy groups -OCH3 is 2. The highest BCUT2D eigenvalue weighted by Gasteiger charge is 2.30. The molecule has 0 saturated heterocycles. The number of carboxylic acids is 1. The van der Waals surface area contributed by atoms with Crippen LogP contribution in [0.1, 0.15) is 31.2 Å². The summed E-state index contributed by atoms with van der Waals surface area (Å²) in [6.07, 6.45) is 2.86. The van der Waals surface area contributed by atoms with Gasteiger partial charge in [0.25, 0.3) is 0 Å². The average molecular weight is 321 g/mol. The second-order valence-corrected chi connectivity index (χ2v) is 5.80. The summed E-state index contributed by atoms with van der Waals surface area (Å²) in [4.78, 5) is 22.9. The molecule has 1 aromatic carbocycles. The van der Waals surface area contributed by atoms with Crippen LogP contribution in [0.2, 0.25) is 0 Å². The Morgan fingerprint density at radius 1 is 1.22 bits per heavy atom. The first-order valence-corrected chi connectivity index (χ1v) is 7.76. The molecule has 1 aliphatic rings. The summed E-state index contributed by atoms with van der Waals surface area (Å²) >= 11 is 0. The molecule has 6 nitrogen and oxygen atoms in total. The summed E-state index contributed by atoms with van der Waals surface area (Å²) in [5, 5.41) is 11.9. The van der Waals surface area contributed by atoms with Crippen LogP contribution in [0.25, 0.3) is 0 Å². The number of ether oxygens (including phenoxy) is 2. The van der Waals surface area contributed by atoms with E-state index >= 15 is 0 Å². The predicted octanol–water partition coefficient (Wildman–Crippen LogP) is 2.01. The number of rotatable bonds is 7. The van der Waals surface area contributed by atoms with E-state index in [1.165, 1.54) is 0 Å². The molecule has 0 unspecified atom stereocenters. The largest absolute Gasteiger partial charge is 0.493 e. The van der Waals surface area contributed by atoms with Crippen LogP contribution < -0.4 is 14.8 Å². The van der Waals surface area contributed by atoms with Crippen molar-refractivity contribution in [2.24, 2.45) is 5.92 Å². The van der Waals surface area contributed by atoms with Crippen molar-refractivity contribution in [2.75, 3.05) is 14.2 Å². The van der Waals surface area contributed by atoms with Crippen molar-refractivity contribution in [1.29, 1.82) is 0 Å². The van der Waals surface area contributed by atoms with Crippen molar-refractivity contribution in [3.63, 3.8) is 0 Å². The number of hydrogen-bond acceptors (Lipinski definition) is 4. The van der Waals surface area contributed by atoms with Crippen molar-refractivity contribution in [2.45, 2.75) is 38.1 Å². The topological polar surface area (TPSA) is 84.9 Å². The molecule has 2 rings (SSSR count). The highest BCUT2D eigenvalue weighted by atomic mass is 16.5. The maximum Gasteiger partial charge on any atom is 0.306 e. The highest BCUT2D eigenvalue weighted by molar-refractivity contribution is 5.77. The fourth-order valence-electron chi connectivity index (χ4n) is 2.93. The van der Waals surface area contributed by atoms with Gasteiger partial charge in [-0.25, -0.2) is 0 Å². The molecular formula is C17H23NO5. The van der Waals surface area contributed by atoms with Gasteiger partial charge in [0.1, 0.15) is 0 Å². The Hall–Kier alpha value is -2.24. The Bertz CT molecular complexity index is 572. The molecule has 0 heterocycles. The number of carbonyl (C=O) groups is 2. The molecule has 23 heavy (non-hydrogen) atoms. The summed E-state index contributed by atoms with van der Waals surface area (Å²) in [6, 6.07) is 5.57. The summed E-state index contributed by atoms with van der Waals surface area (Å²) in [5.41, 5.74) is 0.993. The van der Waals surface area contributed by atoms with Gasteiger partial charge in [0, 0.05) is 12.5 Å². The number of benzene rings is 1. The number of carboxylic acid groups (broad SMARTS) is 1. The molecule has 6 heteroatoms. The number of aliphatic carboxylic acids is 1. The quantitative estimate of drug-likeness (QED) is 0.802. The van der Waals surface area contributed by atoms with Crippen LogP contribution in [-0.4, -0.2) is 37.2 Å². The maximum absolute atomic E-state index is 12.0. The smallest absolute Gasteiger partial charge is 0.306 e. The third-order valence-corrected chi connectivity index (χ3v) is 4.24. The number of nitrogens with one attached hydrogen (secondary N) is 1. The first-order chi connectivity index (χ1) is 11.0. The predicted molar refractivity (Wildman–Crippen MR) is 84.8 cm³/mol. The lowest BCUT2D eigenvalue weighted by Crippen LogP contribution is -2.33. The molecule has 1 amide bonds. The lowest BCUT2D eigenvalue weighted by molar-refractivity contribution is -0.141. The Balaban J connectivity index is 1.82. The molecule has 1 aromatic rings. The van der Waals surface area contributed by atoms with Gasteiger partial charge in [-0.15, -0.1) is 0 Å². The monoisotopic (exact) mass is 321 g/mol. The molecule has 0 bridgehead atoms. The molecule has 1 fully saturated rings. The second kappa shape index (κ2) is 7.85. The van der Waals surface area contributed by atoms with Gasteiger partial charge in [0.05, 0.1) is 20.1 Å².